The van der Waals surface area contributed by atoms with E-state index in [2.05, 4.69) is 21.9 Å². The van der Waals surface area contributed by atoms with Gasteiger partial charge >= 0.3 is 0 Å². The zero-order valence-corrected chi connectivity index (χ0v) is 19.2. The minimum Gasteiger partial charge on any atom is -0.439 e. The molecule has 0 radical (unpaired) electrons. The summed E-state index contributed by atoms with van der Waals surface area (Å²) in [5.74, 6) is 0.657. The Morgan fingerprint density at radius 2 is 1.78 bits per heavy atom. The molecule has 8 heteroatoms. The summed E-state index contributed by atoms with van der Waals surface area (Å²) in [4.78, 5) is 16.5. The van der Waals surface area contributed by atoms with Crippen molar-refractivity contribution in [3.8, 4) is 11.6 Å². The molecule has 0 aliphatic heterocycles. The topological polar surface area (TPSA) is 97.4 Å². The lowest BCUT2D eigenvalue weighted by molar-refractivity contribution is 0.0952. The van der Waals surface area contributed by atoms with E-state index in [4.69, 9.17) is 4.74 Å². The van der Waals surface area contributed by atoms with Gasteiger partial charge in [-0.3, -0.25) is 9.52 Å². The molecule has 0 fully saturated rings. The highest BCUT2D eigenvalue weighted by Gasteiger charge is 2.17. The van der Waals surface area contributed by atoms with Crippen LogP contribution in [-0.2, 0) is 10.0 Å². The number of rotatable bonds is 9. The summed E-state index contributed by atoms with van der Waals surface area (Å²) in [6.07, 6.45) is 3.40. The van der Waals surface area contributed by atoms with Gasteiger partial charge in [-0.05, 0) is 67.8 Å². The van der Waals surface area contributed by atoms with Crippen molar-refractivity contribution < 1.29 is 17.9 Å². The van der Waals surface area contributed by atoms with Gasteiger partial charge in [-0.1, -0.05) is 25.5 Å². The average molecular weight is 454 g/mol. The number of hydrogen-bond acceptors (Lipinski definition) is 5. The Bertz CT molecular complexity index is 1170. The quantitative estimate of drug-likeness (QED) is 0.453. The lowest BCUT2D eigenvalue weighted by Gasteiger charge is -2.12. The molecular weight excluding hydrogens is 426 g/mol. The van der Waals surface area contributed by atoms with Crippen LogP contribution in [0.1, 0.15) is 41.3 Å². The van der Waals surface area contributed by atoms with Gasteiger partial charge in [-0.15, -0.1) is 0 Å². The number of aromatic nitrogens is 1. The Balaban J connectivity index is 1.63. The summed E-state index contributed by atoms with van der Waals surface area (Å²) >= 11 is 0. The van der Waals surface area contributed by atoms with E-state index in [0.717, 1.165) is 18.4 Å². The van der Waals surface area contributed by atoms with E-state index < -0.39 is 10.0 Å². The number of aryl methyl sites for hydroxylation is 2. The van der Waals surface area contributed by atoms with Crippen LogP contribution in [0, 0.1) is 13.8 Å². The molecule has 2 N–H and O–H groups in total. The maximum atomic E-state index is 12.7. The molecule has 32 heavy (non-hydrogen) atoms. The smallest absolute Gasteiger partial charge is 0.262 e. The number of ether oxygens (including phenoxy) is 1. The molecule has 0 atom stereocenters. The lowest BCUT2D eigenvalue weighted by Crippen LogP contribution is -2.24. The van der Waals surface area contributed by atoms with Crippen LogP contribution in [0.15, 0.2) is 65.7 Å². The van der Waals surface area contributed by atoms with Gasteiger partial charge in [0, 0.05) is 24.5 Å². The number of pyridine rings is 1. The first-order chi connectivity index (χ1) is 15.3. The number of amides is 1. The minimum atomic E-state index is -3.70. The molecule has 0 aliphatic carbocycles. The van der Waals surface area contributed by atoms with Crippen molar-refractivity contribution in [2.75, 3.05) is 11.3 Å². The molecule has 3 aromatic rings. The molecule has 0 aliphatic rings. The molecule has 168 valence electrons. The van der Waals surface area contributed by atoms with Crippen molar-refractivity contribution in [2.24, 2.45) is 0 Å². The van der Waals surface area contributed by atoms with Crippen LogP contribution in [0.2, 0.25) is 0 Å². The number of hydrogen-bond donors (Lipinski definition) is 2. The summed E-state index contributed by atoms with van der Waals surface area (Å²) < 4.78 is 33.8. The Labute approximate surface area is 188 Å². The molecular formula is C24H27N3O4S. The van der Waals surface area contributed by atoms with Gasteiger partial charge in [0.15, 0.2) is 0 Å². The second-order valence-corrected chi connectivity index (χ2v) is 9.15. The summed E-state index contributed by atoms with van der Waals surface area (Å²) in [6, 6.07) is 15.1. The number of anilines is 1. The Morgan fingerprint density at radius 3 is 2.44 bits per heavy atom. The van der Waals surface area contributed by atoms with Crippen molar-refractivity contribution in [3.05, 3.63) is 77.5 Å². The van der Waals surface area contributed by atoms with Crippen LogP contribution in [-0.4, -0.2) is 25.9 Å². The van der Waals surface area contributed by atoms with Gasteiger partial charge in [0.2, 0.25) is 5.88 Å². The fourth-order valence-corrected chi connectivity index (χ4v) is 4.36. The fraction of sp³-hybridized carbons (Fsp3) is 0.250. The van der Waals surface area contributed by atoms with E-state index in [0.29, 0.717) is 35.0 Å². The third-order valence-corrected chi connectivity index (χ3v) is 6.30. The van der Waals surface area contributed by atoms with Gasteiger partial charge in [0.25, 0.3) is 15.9 Å². The number of carbonyl (C=O) groups is 1. The number of nitrogens with one attached hydrogen (secondary N) is 2. The Hall–Kier alpha value is -3.39. The highest BCUT2D eigenvalue weighted by molar-refractivity contribution is 7.92. The minimum absolute atomic E-state index is 0.169. The number of carbonyl (C=O) groups excluding carboxylic acids is 1. The van der Waals surface area contributed by atoms with Crippen LogP contribution < -0.4 is 14.8 Å². The van der Waals surface area contributed by atoms with Crippen LogP contribution in [0.3, 0.4) is 0 Å². The maximum Gasteiger partial charge on any atom is 0.262 e. The number of nitrogens with zero attached hydrogens (tertiary/aromatic N) is 1. The normalized spacial score (nSPS) is 11.1. The first-order valence-corrected chi connectivity index (χ1v) is 11.9. The van der Waals surface area contributed by atoms with Gasteiger partial charge in [-0.25, -0.2) is 13.4 Å². The van der Waals surface area contributed by atoms with Crippen molar-refractivity contribution in [1.29, 1.82) is 0 Å². The third kappa shape index (κ3) is 6.07. The average Bonchev–Trinajstić information content (AvgIpc) is 2.77. The Kier molecular flexibility index (Phi) is 7.48. The number of unbranched alkanes of at least 4 members (excludes halogenated alkanes) is 1. The molecule has 0 spiro atoms. The van der Waals surface area contributed by atoms with Crippen molar-refractivity contribution in [1.82, 2.24) is 10.3 Å². The predicted octanol–water partition coefficient (Wildman–Crippen LogP) is 4.82. The summed E-state index contributed by atoms with van der Waals surface area (Å²) in [5.41, 5.74) is 2.43. The number of sulfonamides is 1. The largest absolute Gasteiger partial charge is 0.439 e. The molecule has 1 heterocycles. The lowest BCUT2D eigenvalue weighted by atomic mass is 10.2. The van der Waals surface area contributed by atoms with Gasteiger partial charge in [-0.2, -0.15) is 0 Å². The van der Waals surface area contributed by atoms with Crippen LogP contribution in [0.25, 0.3) is 0 Å². The standard InChI is InChI=1S/C24H27N3O4S/c1-4-5-14-25-24(28)19-8-13-23(26-16-19)31-21-11-9-20(10-12-21)27-32(29,30)22-15-17(2)6-7-18(22)3/h6-13,15-16,27H,4-5,14H2,1-3H3,(H,25,28). The molecule has 1 amide bonds. The van der Waals surface area contributed by atoms with E-state index in [1.165, 1.54) is 6.20 Å². The number of benzene rings is 2. The zero-order chi connectivity index (χ0) is 23.1. The van der Waals surface area contributed by atoms with E-state index in [9.17, 15) is 13.2 Å². The Morgan fingerprint density at radius 1 is 1.03 bits per heavy atom. The predicted molar refractivity (Wildman–Crippen MR) is 125 cm³/mol. The molecule has 7 nitrogen and oxygen atoms in total. The van der Waals surface area contributed by atoms with Gasteiger partial charge in [0.05, 0.1) is 10.5 Å². The molecule has 1 aromatic heterocycles. The zero-order valence-electron chi connectivity index (χ0n) is 18.4. The molecule has 0 bridgehead atoms. The van der Waals surface area contributed by atoms with Crippen LogP contribution in [0.4, 0.5) is 5.69 Å². The van der Waals surface area contributed by atoms with E-state index in [1.54, 1.807) is 55.5 Å². The summed E-state index contributed by atoms with van der Waals surface area (Å²) in [7, 11) is -3.70. The first kappa shape index (κ1) is 23.3. The van der Waals surface area contributed by atoms with Crippen molar-refractivity contribution in [3.63, 3.8) is 0 Å². The highest BCUT2D eigenvalue weighted by Crippen LogP contribution is 2.24. The fourth-order valence-electron chi connectivity index (χ4n) is 2.97. The van der Waals surface area contributed by atoms with E-state index >= 15 is 0 Å². The molecule has 0 saturated carbocycles. The molecule has 2 aromatic carbocycles. The van der Waals surface area contributed by atoms with Gasteiger partial charge in [0.1, 0.15) is 5.75 Å². The SMILES string of the molecule is CCCCNC(=O)c1ccc(Oc2ccc(NS(=O)(=O)c3cc(C)ccc3C)cc2)nc1. The first-order valence-electron chi connectivity index (χ1n) is 10.4. The second kappa shape index (κ2) is 10.3. The van der Waals surface area contributed by atoms with Crippen LogP contribution >= 0.6 is 0 Å². The second-order valence-electron chi connectivity index (χ2n) is 7.50. The van der Waals surface area contributed by atoms with Gasteiger partial charge < -0.3 is 10.1 Å². The highest BCUT2D eigenvalue weighted by atomic mass is 32.2. The van der Waals surface area contributed by atoms with Crippen LogP contribution in [0.5, 0.6) is 11.6 Å². The van der Waals surface area contributed by atoms with E-state index in [1.807, 2.05) is 13.0 Å². The maximum absolute atomic E-state index is 12.7. The molecule has 0 saturated heterocycles. The monoisotopic (exact) mass is 453 g/mol. The van der Waals surface area contributed by atoms with Crippen molar-refractivity contribution >= 4 is 21.6 Å². The molecule has 0 unspecified atom stereocenters. The summed E-state index contributed by atoms with van der Waals surface area (Å²) in [6.45, 7) is 6.31. The third-order valence-electron chi connectivity index (χ3n) is 4.78. The van der Waals surface area contributed by atoms with E-state index in [-0.39, 0.29) is 10.8 Å². The van der Waals surface area contributed by atoms with Crippen molar-refractivity contribution in [2.45, 2.75) is 38.5 Å². The summed E-state index contributed by atoms with van der Waals surface area (Å²) in [5, 5.41) is 2.84. The molecule has 3 rings (SSSR count).